The molecule has 0 aromatic rings. The fraction of sp³-hybridized carbons (Fsp3) is 0.667. The lowest BCUT2D eigenvalue weighted by Gasteiger charge is -1.98. The van der Waals surface area contributed by atoms with Crippen molar-refractivity contribution < 1.29 is 14.3 Å². The van der Waals surface area contributed by atoms with Gasteiger partial charge in [0.2, 0.25) is 0 Å². The van der Waals surface area contributed by atoms with Crippen LogP contribution in [0.1, 0.15) is 46.0 Å². The maximum absolute atomic E-state index is 10.9. The van der Waals surface area contributed by atoms with Gasteiger partial charge in [-0.1, -0.05) is 31.9 Å². The quantitative estimate of drug-likeness (QED) is 0.269. The molecule has 0 saturated heterocycles. The van der Waals surface area contributed by atoms with Gasteiger partial charge < -0.3 is 4.74 Å². The average Bonchev–Trinajstić information content (AvgIpc) is 2.15. The van der Waals surface area contributed by atoms with Crippen LogP contribution < -0.4 is 0 Å². The molecule has 0 fully saturated rings. The van der Waals surface area contributed by atoms with Gasteiger partial charge in [-0.15, -0.1) is 0 Å². The van der Waals surface area contributed by atoms with Crippen molar-refractivity contribution in [2.45, 2.75) is 46.0 Å². The van der Waals surface area contributed by atoms with Crippen molar-refractivity contribution in [3.63, 3.8) is 0 Å². The first-order valence-electron chi connectivity index (χ1n) is 5.47. The van der Waals surface area contributed by atoms with Crippen molar-refractivity contribution in [1.82, 2.24) is 0 Å². The lowest BCUT2D eigenvalue weighted by molar-refractivity contribution is -0.144. The van der Waals surface area contributed by atoms with E-state index >= 15 is 0 Å². The first-order valence-corrected chi connectivity index (χ1v) is 5.47. The molecule has 0 spiro atoms. The van der Waals surface area contributed by atoms with Gasteiger partial charge in [0, 0.05) is 0 Å². The molecule has 0 saturated carbocycles. The molecule has 0 heterocycles. The molecule has 0 aromatic heterocycles. The molecule has 0 aromatic carbocycles. The summed E-state index contributed by atoms with van der Waals surface area (Å²) in [4.78, 5) is 21.5. The minimum atomic E-state index is -0.444. The fourth-order valence-corrected chi connectivity index (χ4v) is 1.09. The molecule has 3 nitrogen and oxygen atoms in total. The highest BCUT2D eigenvalue weighted by Gasteiger charge is 2.04. The third-order valence-electron chi connectivity index (χ3n) is 1.87. The smallest absolute Gasteiger partial charge is 0.313 e. The summed E-state index contributed by atoms with van der Waals surface area (Å²) in [5, 5.41) is 0. The van der Waals surface area contributed by atoms with Gasteiger partial charge in [0.05, 0.1) is 0 Å². The summed E-state index contributed by atoms with van der Waals surface area (Å²) in [6.07, 6.45) is 8.36. The van der Waals surface area contributed by atoms with E-state index in [2.05, 4.69) is 6.92 Å². The summed E-state index contributed by atoms with van der Waals surface area (Å²) in [6.45, 7) is 3.81. The van der Waals surface area contributed by atoms with E-state index in [0.29, 0.717) is 0 Å². The van der Waals surface area contributed by atoms with Crippen LogP contribution in [0.2, 0.25) is 0 Å². The molecule has 0 bridgehead atoms. The highest BCUT2D eigenvalue weighted by atomic mass is 16.5. The van der Waals surface area contributed by atoms with Crippen molar-refractivity contribution in [2.75, 3.05) is 6.61 Å². The van der Waals surface area contributed by atoms with E-state index in [1.54, 1.807) is 0 Å². The number of Topliss-reactive ketones (excluding diaryl/α,β-unsaturated/α-hetero) is 1. The van der Waals surface area contributed by atoms with E-state index in [4.69, 9.17) is 4.74 Å². The van der Waals surface area contributed by atoms with E-state index in [-0.39, 0.29) is 18.8 Å². The maximum atomic E-state index is 10.9. The van der Waals surface area contributed by atoms with Crippen molar-refractivity contribution in [3.05, 3.63) is 12.2 Å². The van der Waals surface area contributed by atoms with E-state index in [9.17, 15) is 9.59 Å². The zero-order valence-corrected chi connectivity index (χ0v) is 9.62. The molecule has 0 rings (SSSR count). The van der Waals surface area contributed by atoms with Gasteiger partial charge in [-0.2, -0.15) is 0 Å². The summed E-state index contributed by atoms with van der Waals surface area (Å²) >= 11 is 0. The topological polar surface area (TPSA) is 43.4 Å². The summed E-state index contributed by atoms with van der Waals surface area (Å²) < 4.78 is 4.81. The lowest BCUT2D eigenvalue weighted by atomic mass is 10.2. The number of rotatable bonds is 8. The standard InChI is InChI=1S/C12H20O3/c1-3-4-5-6-7-8-9-15-12(14)10-11(2)13/h7-8H,3-6,9-10H2,1-2H3/b8-7+. The first-order chi connectivity index (χ1) is 7.16. The van der Waals surface area contributed by atoms with Crippen LogP contribution in [0.25, 0.3) is 0 Å². The Kier molecular flexibility index (Phi) is 8.73. The zero-order chi connectivity index (χ0) is 11.5. The summed E-state index contributed by atoms with van der Waals surface area (Å²) in [7, 11) is 0. The van der Waals surface area contributed by atoms with Gasteiger partial charge in [0.1, 0.15) is 18.8 Å². The largest absolute Gasteiger partial charge is 0.461 e. The van der Waals surface area contributed by atoms with Gasteiger partial charge in [-0.05, 0) is 19.8 Å². The van der Waals surface area contributed by atoms with E-state index in [1.165, 1.54) is 26.2 Å². The van der Waals surface area contributed by atoms with Gasteiger partial charge in [-0.25, -0.2) is 0 Å². The SMILES string of the molecule is CCCCC/C=C/COC(=O)CC(C)=O. The molecule has 0 radical (unpaired) electrons. The number of hydrogen-bond donors (Lipinski definition) is 0. The van der Waals surface area contributed by atoms with Crippen molar-refractivity contribution in [3.8, 4) is 0 Å². The second-order valence-corrected chi connectivity index (χ2v) is 3.53. The van der Waals surface area contributed by atoms with Crippen LogP contribution in [0, 0.1) is 0 Å². The Labute approximate surface area is 91.5 Å². The predicted octanol–water partition coefficient (Wildman–Crippen LogP) is 2.65. The van der Waals surface area contributed by atoms with Gasteiger partial charge in [0.25, 0.3) is 0 Å². The Balaban J connectivity index is 3.36. The van der Waals surface area contributed by atoms with E-state index < -0.39 is 5.97 Å². The summed E-state index contributed by atoms with van der Waals surface area (Å²) in [6, 6.07) is 0. The number of esters is 1. The third-order valence-corrected chi connectivity index (χ3v) is 1.87. The van der Waals surface area contributed by atoms with Gasteiger partial charge in [0.15, 0.2) is 0 Å². The third kappa shape index (κ3) is 10.8. The number of ketones is 1. The van der Waals surface area contributed by atoms with Crippen LogP contribution in [-0.2, 0) is 14.3 Å². The fourth-order valence-electron chi connectivity index (χ4n) is 1.09. The lowest BCUT2D eigenvalue weighted by Crippen LogP contribution is -2.08. The number of carbonyl (C=O) groups excluding carboxylic acids is 2. The zero-order valence-electron chi connectivity index (χ0n) is 9.62. The van der Waals surface area contributed by atoms with Gasteiger partial charge >= 0.3 is 5.97 Å². The van der Waals surface area contributed by atoms with Crippen LogP contribution in [-0.4, -0.2) is 18.4 Å². The molecule has 86 valence electrons. The summed E-state index contributed by atoms with van der Waals surface area (Å²) in [5.74, 6) is -0.604. The molecule has 0 aliphatic heterocycles. The van der Waals surface area contributed by atoms with Crippen LogP contribution in [0.4, 0.5) is 0 Å². The normalized spacial score (nSPS) is 10.5. The molecular weight excluding hydrogens is 192 g/mol. The van der Waals surface area contributed by atoms with Gasteiger partial charge in [-0.3, -0.25) is 9.59 Å². The highest BCUT2D eigenvalue weighted by Crippen LogP contribution is 1.99. The molecule has 0 N–H and O–H groups in total. The average molecular weight is 212 g/mol. The molecule has 0 unspecified atom stereocenters. The van der Waals surface area contributed by atoms with E-state index in [1.807, 2.05) is 12.2 Å². The van der Waals surface area contributed by atoms with Crippen LogP contribution in [0.15, 0.2) is 12.2 Å². The molecule has 0 amide bonds. The maximum Gasteiger partial charge on any atom is 0.313 e. The number of ether oxygens (including phenoxy) is 1. The van der Waals surface area contributed by atoms with Crippen molar-refractivity contribution in [2.24, 2.45) is 0 Å². The molecule has 0 aliphatic rings. The Morgan fingerprint density at radius 2 is 1.93 bits per heavy atom. The monoisotopic (exact) mass is 212 g/mol. The number of carbonyl (C=O) groups is 2. The number of hydrogen-bond acceptors (Lipinski definition) is 3. The first kappa shape index (κ1) is 13.9. The minimum Gasteiger partial charge on any atom is -0.461 e. The Morgan fingerprint density at radius 1 is 1.20 bits per heavy atom. The highest BCUT2D eigenvalue weighted by molar-refractivity contribution is 5.94. The number of unbranched alkanes of at least 4 members (excludes halogenated alkanes) is 3. The molecule has 0 aliphatic carbocycles. The molecule has 15 heavy (non-hydrogen) atoms. The molecule has 0 atom stereocenters. The summed E-state index contributed by atoms with van der Waals surface area (Å²) in [5.41, 5.74) is 0. The second-order valence-electron chi connectivity index (χ2n) is 3.53. The van der Waals surface area contributed by atoms with Crippen molar-refractivity contribution >= 4 is 11.8 Å². The van der Waals surface area contributed by atoms with E-state index in [0.717, 1.165) is 6.42 Å². The predicted molar refractivity (Wildman–Crippen MR) is 59.5 cm³/mol. The number of allylic oxidation sites excluding steroid dienone is 1. The molecule has 3 heteroatoms. The van der Waals surface area contributed by atoms with Crippen LogP contribution >= 0.6 is 0 Å². The second kappa shape index (κ2) is 9.44. The van der Waals surface area contributed by atoms with Crippen molar-refractivity contribution in [1.29, 1.82) is 0 Å². The Hall–Kier alpha value is -1.12. The Bertz CT molecular complexity index is 219. The molecular formula is C12H20O3. The Morgan fingerprint density at radius 3 is 2.53 bits per heavy atom. The van der Waals surface area contributed by atoms with Crippen LogP contribution in [0.5, 0.6) is 0 Å². The van der Waals surface area contributed by atoms with Crippen LogP contribution in [0.3, 0.4) is 0 Å². The minimum absolute atomic E-state index is 0.121.